The molecule has 1 saturated heterocycles. The van der Waals surface area contributed by atoms with E-state index in [2.05, 4.69) is 19.2 Å². The van der Waals surface area contributed by atoms with Gasteiger partial charge in [0.2, 0.25) is 0 Å². The maximum Gasteiger partial charge on any atom is 0.323 e. The van der Waals surface area contributed by atoms with Gasteiger partial charge in [0.05, 0.1) is 0 Å². The molecule has 0 aromatic rings. The highest BCUT2D eigenvalue weighted by atomic mass is 16.4. The number of hydrogen-bond donors (Lipinski definition) is 2. The molecule has 16 heavy (non-hydrogen) atoms. The molecule has 1 fully saturated rings. The molecule has 2 N–H and O–H groups in total. The molecule has 0 aromatic carbocycles. The Bertz CT molecular complexity index is 274. The molecule has 0 aliphatic carbocycles. The number of urea groups is 1. The maximum absolute atomic E-state index is 11.6. The Morgan fingerprint density at radius 2 is 2.00 bits per heavy atom. The van der Waals surface area contributed by atoms with Gasteiger partial charge in [-0.15, -0.1) is 0 Å². The van der Waals surface area contributed by atoms with E-state index in [0.717, 1.165) is 32.4 Å². The van der Waals surface area contributed by atoms with Crippen LogP contribution < -0.4 is 5.32 Å². The van der Waals surface area contributed by atoms with E-state index in [4.69, 9.17) is 5.11 Å². The van der Waals surface area contributed by atoms with Crippen LogP contribution in [0.25, 0.3) is 0 Å². The number of carbonyl (C=O) groups excluding carboxylic acids is 1. The average Bonchev–Trinajstić information content (AvgIpc) is 2.71. The third-order valence-electron chi connectivity index (χ3n) is 3.62. The molecule has 5 heteroatoms. The molecule has 0 spiro atoms. The van der Waals surface area contributed by atoms with Crippen molar-refractivity contribution in [2.24, 2.45) is 5.41 Å². The minimum atomic E-state index is -1.01. The van der Waals surface area contributed by atoms with Gasteiger partial charge >= 0.3 is 12.0 Å². The smallest absolute Gasteiger partial charge is 0.323 e. The zero-order chi connectivity index (χ0) is 12.2. The summed E-state index contributed by atoms with van der Waals surface area (Å²) in [5.74, 6) is -1.01. The van der Waals surface area contributed by atoms with Crippen molar-refractivity contribution in [1.82, 2.24) is 10.2 Å². The van der Waals surface area contributed by atoms with E-state index in [0.29, 0.717) is 0 Å². The Kier molecular flexibility index (Phi) is 4.15. The van der Waals surface area contributed by atoms with Crippen molar-refractivity contribution in [3.05, 3.63) is 0 Å². The summed E-state index contributed by atoms with van der Waals surface area (Å²) in [6.07, 6.45) is 3.14. The lowest BCUT2D eigenvalue weighted by atomic mass is 9.82. The van der Waals surface area contributed by atoms with Crippen molar-refractivity contribution < 1.29 is 14.7 Å². The molecule has 0 bridgehead atoms. The number of carboxylic acid groups (broad SMARTS) is 1. The fourth-order valence-electron chi connectivity index (χ4n) is 2.20. The van der Waals surface area contributed by atoms with E-state index < -0.39 is 5.97 Å². The third kappa shape index (κ3) is 2.87. The lowest BCUT2D eigenvalue weighted by molar-refractivity contribution is -0.135. The molecule has 1 aliphatic heterocycles. The maximum atomic E-state index is 11.6. The summed E-state index contributed by atoms with van der Waals surface area (Å²) < 4.78 is 0. The summed E-state index contributed by atoms with van der Waals surface area (Å²) in [5, 5.41) is 10.9. The Labute approximate surface area is 95.8 Å². The SMILES string of the molecule is CCC1(CC)CCN(C(=O)NCC(=O)O)C1. The molecule has 1 heterocycles. The van der Waals surface area contributed by atoms with Gasteiger partial charge in [0.25, 0.3) is 0 Å². The van der Waals surface area contributed by atoms with Gasteiger partial charge in [-0.05, 0) is 24.7 Å². The van der Waals surface area contributed by atoms with Crippen LogP contribution in [0.2, 0.25) is 0 Å². The Morgan fingerprint density at radius 1 is 1.38 bits per heavy atom. The second-order valence-electron chi connectivity index (χ2n) is 4.43. The number of rotatable bonds is 4. The van der Waals surface area contributed by atoms with Crippen LogP contribution in [0.15, 0.2) is 0 Å². The van der Waals surface area contributed by atoms with E-state index in [9.17, 15) is 9.59 Å². The first-order chi connectivity index (χ1) is 7.53. The van der Waals surface area contributed by atoms with Crippen molar-refractivity contribution in [1.29, 1.82) is 0 Å². The average molecular weight is 228 g/mol. The van der Waals surface area contributed by atoms with Gasteiger partial charge in [0, 0.05) is 13.1 Å². The molecule has 0 atom stereocenters. The van der Waals surface area contributed by atoms with E-state index in [1.807, 2.05) is 0 Å². The van der Waals surface area contributed by atoms with Crippen molar-refractivity contribution in [2.45, 2.75) is 33.1 Å². The molecule has 0 aromatic heterocycles. The standard InChI is InChI=1S/C11H20N2O3/c1-3-11(4-2)5-6-13(8-11)10(16)12-7-9(14)15/h3-8H2,1-2H3,(H,12,16)(H,14,15). The summed E-state index contributed by atoms with van der Waals surface area (Å²) >= 11 is 0. The Balaban J connectivity index is 2.46. The van der Waals surface area contributed by atoms with Crippen LogP contribution in [0.3, 0.4) is 0 Å². The van der Waals surface area contributed by atoms with Crippen molar-refractivity contribution in [2.75, 3.05) is 19.6 Å². The third-order valence-corrected chi connectivity index (χ3v) is 3.62. The van der Waals surface area contributed by atoms with Gasteiger partial charge in [-0.1, -0.05) is 13.8 Å². The number of carbonyl (C=O) groups is 2. The molecule has 1 aliphatic rings. The predicted molar refractivity (Wildman–Crippen MR) is 60.2 cm³/mol. The summed E-state index contributed by atoms with van der Waals surface area (Å²) in [6, 6.07) is -0.258. The molecule has 0 unspecified atom stereocenters. The first-order valence-electron chi connectivity index (χ1n) is 5.77. The summed E-state index contributed by atoms with van der Waals surface area (Å²) in [6.45, 7) is 5.45. The van der Waals surface area contributed by atoms with Crippen LogP contribution >= 0.6 is 0 Å². The predicted octanol–water partition coefficient (Wildman–Crippen LogP) is 1.29. The zero-order valence-corrected chi connectivity index (χ0v) is 9.95. The fraction of sp³-hybridized carbons (Fsp3) is 0.818. The van der Waals surface area contributed by atoms with Crippen LogP contribution in [0, 0.1) is 5.41 Å². The van der Waals surface area contributed by atoms with Crippen LogP contribution in [-0.2, 0) is 4.79 Å². The molecule has 2 amide bonds. The second-order valence-corrected chi connectivity index (χ2v) is 4.43. The summed E-state index contributed by atoms with van der Waals surface area (Å²) in [7, 11) is 0. The highest BCUT2D eigenvalue weighted by Gasteiger charge is 2.36. The monoisotopic (exact) mass is 228 g/mol. The van der Waals surface area contributed by atoms with E-state index >= 15 is 0 Å². The number of aliphatic carboxylic acids is 1. The molecule has 0 radical (unpaired) electrons. The molecule has 1 rings (SSSR count). The zero-order valence-electron chi connectivity index (χ0n) is 9.95. The van der Waals surface area contributed by atoms with E-state index in [-0.39, 0.29) is 18.0 Å². The molecule has 92 valence electrons. The highest BCUT2D eigenvalue weighted by Crippen LogP contribution is 2.36. The molecular weight excluding hydrogens is 208 g/mol. The second kappa shape index (κ2) is 5.18. The minimum Gasteiger partial charge on any atom is -0.480 e. The number of likely N-dealkylation sites (tertiary alicyclic amines) is 1. The van der Waals surface area contributed by atoms with Crippen LogP contribution in [0.4, 0.5) is 4.79 Å². The lowest BCUT2D eigenvalue weighted by Crippen LogP contribution is -2.41. The van der Waals surface area contributed by atoms with Crippen molar-refractivity contribution >= 4 is 12.0 Å². The van der Waals surface area contributed by atoms with Crippen LogP contribution in [-0.4, -0.2) is 41.6 Å². The lowest BCUT2D eigenvalue weighted by Gasteiger charge is -2.26. The minimum absolute atomic E-state index is 0.237. The quantitative estimate of drug-likeness (QED) is 0.761. The van der Waals surface area contributed by atoms with E-state index in [1.165, 1.54) is 0 Å². The van der Waals surface area contributed by atoms with Gasteiger partial charge < -0.3 is 15.3 Å². The van der Waals surface area contributed by atoms with Gasteiger partial charge in [0.15, 0.2) is 0 Å². The van der Waals surface area contributed by atoms with Gasteiger partial charge in [-0.2, -0.15) is 0 Å². The molecule has 0 saturated carbocycles. The number of nitrogens with zero attached hydrogens (tertiary/aromatic N) is 1. The first-order valence-corrected chi connectivity index (χ1v) is 5.77. The molecular formula is C11H20N2O3. The summed E-state index contributed by atoms with van der Waals surface area (Å²) in [4.78, 5) is 23.7. The number of nitrogens with one attached hydrogen (secondary N) is 1. The number of amides is 2. The van der Waals surface area contributed by atoms with Crippen LogP contribution in [0.1, 0.15) is 33.1 Å². The number of carboxylic acids is 1. The highest BCUT2D eigenvalue weighted by molar-refractivity contribution is 5.80. The van der Waals surface area contributed by atoms with Gasteiger partial charge in [-0.3, -0.25) is 4.79 Å². The summed E-state index contributed by atoms with van der Waals surface area (Å²) in [5.41, 5.74) is 0.237. The van der Waals surface area contributed by atoms with Gasteiger partial charge in [0.1, 0.15) is 6.54 Å². The largest absolute Gasteiger partial charge is 0.480 e. The van der Waals surface area contributed by atoms with Gasteiger partial charge in [-0.25, -0.2) is 4.79 Å². The molecule has 5 nitrogen and oxygen atoms in total. The van der Waals surface area contributed by atoms with Crippen LogP contribution in [0.5, 0.6) is 0 Å². The number of hydrogen-bond acceptors (Lipinski definition) is 2. The Hall–Kier alpha value is -1.26. The van der Waals surface area contributed by atoms with Crippen molar-refractivity contribution in [3.8, 4) is 0 Å². The fourth-order valence-corrected chi connectivity index (χ4v) is 2.20. The topological polar surface area (TPSA) is 69.6 Å². The normalized spacial score (nSPS) is 18.5. The first kappa shape index (κ1) is 12.8. The van der Waals surface area contributed by atoms with Crippen molar-refractivity contribution in [3.63, 3.8) is 0 Å². The van der Waals surface area contributed by atoms with E-state index in [1.54, 1.807) is 4.90 Å². The Morgan fingerprint density at radius 3 is 2.44 bits per heavy atom.